The zero-order chi connectivity index (χ0) is 14.7. The molecule has 2 rings (SSSR count). The summed E-state index contributed by atoms with van der Waals surface area (Å²) in [6.07, 6.45) is 0. The van der Waals surface area contributed by atoms with E-state index in [2.05, 4.69) is 38.1 Å². The van der Waals surface area contributed by atoms with Gasteiger partial charge in [-0.1, -0.05) is 22.9 Å². The number of hydrogen-bond acceptors (Lipinski definition) is 5. The molecular weight excluding hydrogens is 276 g/mol. The van der Waals surface area contributed by atoms with Crippen molar-refractivity contribution in [3.05, 3.63) is 46.3 Å². The number of carbonyl (C=O) groups is 1. The van der Waals surface area contributed by atoms with Crippen molar-refractivity contribution in [2.24, 2.45) is 0 Å². The number of nitrogens with zero attached hydrogens (tertiary/aromatic N) is 1. The van der Waals surface area contributed by atoms with Gasteiger partial charge < -0.3 is 4.52 Å². The first-order valence-corrected chi connectivity index (χ1v) is 7.10. The van der Waals surface area contributed by atoms with Crippen molar-refractivity contribution in [3.63, 3.8) is 0 Å². The third kappa shape index (κ3) is 3.20. The number of aromatic nitrogens is 1. The van der Waals surface area contributed by atoms with Crippen molar-refractivity contribution in [3.8, 4) is 0 Å². The lowest BCUT2D eigenvalue weighted by atomic mass is 10.1. The number of hydroxylamine groups is 1. The molecular formula is C14H16N2O3S. The molecule has 6 heteroatoms. The molecule has 0 aliphatic heterocycles. The quantitative estimate of drug-likeness (QED) is 0.514. The second-order valence-corrected chi connectivity index (χ2v) is 5.62. The molecule has 0 saturated carbocycles. The van der Waals surface area contributed by atoms with E-state index in [1.165, 1.54) is 33.1 Å². The smallest absolute Gasteiger partial charge is 0.296 e. The summed E-state index contributed by atoms with van der Waals surface area (Å²) >= 11 is 1.64. The van der Waals surface area contributed by atoms with Crippen LogP contribution in [0.4, 0.5) is 0 Å². The first-order valence-electron chi connectivity index (χ1n) is 6.12. The molecule has 1 heterocycles. The van der Waals surface area contributed by atoms with Crippen molar-refractivity contribution in [2.45, 2.75) is 31.4 Å². The summed E-state index contributed by atoms with van der Waals surface area (Å²) in [4.78, 5) is 12.4. The minimum Gasteiger partial charge on any atom is -0.360 e. The minimum atomic E-state index is -0.673. The zero-order valence-corrected chi connectivity index (χ0v) is 12.4. The summed E-state index contributed by atoms with van der Waals surface area (Å²) in [6.45, 7) is 6.23. The van der Waals surface area contributed by atoms with E-state index in [1.807, 2.05) is 0 Å². The predicted molar refractivity (Wildman–Crippen MR) is 76.0 cm³/mol. The molecule has 0 saturated heterocycles. The van der Waals surface area contributed by atoms with Gasteiger partial charge in [-0.3, -0.25) is 10.0 Å². The van der Waals surface area contributed by atoms with Crippen molar-refractivity contribution in [1.29, 1.82) is 0 Å². The lowest BCUT2D eigenvalue weighted by Gasteiger charge is -2.09. The topological polar surface area (TPSA) is 75.4 Å². The fourth-order valence-electron chi connectivity index (χ4n) is 2.08. The minimum absolute atomic E-state index is 0.0699. The van der Waals surface area contributed by atoms with Gasteiger partial charge >= 0.3 is 0 Å². The highest BCUT2D eigenvalue weighted by molar-refractivity contribution is 7.98. The van der Waals surface area contributed by atoms with Gasteiger partial charge in [-0.2, -0.15) is 0 Å². The molecule has 2 aromatic rings. The van der Waals surface area contributed by atoms with Crippen LogP contribution in [-0.4, -0.2) is 16.3 Å². The Bertz CT molecular complexity index is 614. The molecule has 0 aliphatic carbocycles. The number of rotatable bonds is 4. The Morgan fingerprint density at radius 3 is 2.55 bits per heavy atom. The molecule has 0 spiro atoms. The van der Waals surface area contributed by atoms with E-state index >= 15 is 0 Å². The van der Waals surface area contributed by atoms with Crippen LogP contribution in [0.2, 0.25) is 0 Å². The molecule has 0 bridgehead atoms. The van der Waals surface area contributed by atoms with E-state index in [0.717, 1.165) is 0 Å². The van der Waals surface area contributed by atoms with Gasteiger partial charge in [0.2, 0.25) is 0 Å². The molecule has 1 aromatic carbocycles. The number of nitrogens with one attached hydrogen (secondary N) is 1. The second kappa shape index (κ2) is 6.11. The van der Waals surface area contributed by atoms with Crippen molar-refractivity contribution >= 4 is 17.7 Å². The highest BCUT2D eigenvalue weighted by atomic mass is 32.2. The monoisotopic (exact) mass is 292 g/mol. The number of hydrogen-bond donors (Lipinski definition) is 2. The maximum atomic E-state index is 11.2. The Labute approximate surface area is 121 Å². The average molecular weight is 292 g/mol. The van der Waals surface area contributed by atoms with Gasteiger partial charge in [-0.15, -0.1) is 11.8 Å². The molecule has 0 fully saturated rings. The van der Waals surface area contributed by atoms with Crippen molar-refractivity contribution < 1.29 is 14.5 Å². The van der Waals surface area contributed by atoms with Crippen LogP contribution in [0.15, 0.2) is 27.6 Å². The highest BCUT2D eigenvalue weighted by Gasteiger charge is 2.12. The Kier molecular flexibility index (Phi) is 4.46. The maximum absolute atomic E-state index is 11.2. The number of amides is 1. The fraction of sp³-hybridized carbons (Fsp3) is 0.286. The molecule has 0 unspecified atom stereocenters. The number of carbonyl (C=O) groups excluding carboxylic acids is 1. The van der Waals surface area contributed by atoms with Crippen molar-refractivity contribution in [2.75, 3.05) is 0 Å². The van der Waals surface area contributed by atoms with Crippen LogP contribution in [0.25, 0.3) is 0 Å². The van der Waals surface area contributed by atoms with Crippen LogP contribution >= 0.6 is 11.8 Å². The van der Waals surface area contributed by atoms with Gasteiger partial charge in [-0.05, 0) is 31.9 Å². The largest absolute Gasteiger partial charge is 0.360 e. The van der Waals surface area contributed by atoms with Gasteiger partial charge in [0.15, 0.2) is 5.69 Å². The number of thioether (sulfide) groups is 1. The first kappa shape index (κ1) is 14.6. The Hall–Kier alpha value is -1.79. The number of aryl methyl sites for hydroxylation is 3. The van der Waals surface area contributed by atoms with Crippen LogP contribution in [0.5, 0.6) is 0 Å². The molecule has 2 N–H and O–H groups in total. The van der Waals surface area contributed by atoms with Gasteiger partial charge in [0.05, 0.1) is 5.75 Å². The average Bonchev–Trinajstić information content (AvgIpc) is 2.85. The van der Waals surface area contributed by atoms with Crippen LogP contribution in [0.3, 0.4) is 0 Å². The summed E-state index contributed by atoms with van der Waals surface area (Å²) in [7, 11) is 0. The van der Waals surface area contributed by atoms with Crippen LogP contribution in [0, 0.1) is 20.8 Å². The molecule has 0 atom stereocenters. The van der Waals surface area contributed by atoms with Crippen LogP contribution < -0.4 is 5.48 Å². The van der Waals surface area contributed by atoms with E-state index in [1.54, 1.807) is 11.8 Å². The van der Waals surface area contributed by atoms with Gasteiger partial charge in [0, 0.05) is 11.0 Å². The lowest BCUT2D eigenvalue weighted by molar-refractivity contribution is 0.0696. The molecule has 106 valence electrons. The van der Waals surface area contributed by atoms with Gasteiger partial charge in [0.25, 0.3) is 5.91 Å². The Balaban J connectivity index is 2.09. The second-order valence-electron chi connectivity index (χ2n) is 4.64. The highest BCUT2D eigenvalue weighted by Crippen LogP contribution is 2.30. The lowest BCUT2D eigenvalue weighted by Crippen LogP contribution is -2.18. The number of benzene rings is 1. The van der Waals surface area contributed by atoms with Gasteiger partial charge in [-0.25, -0.2) is 5.48 Å². The third-order valence-corrected chi connectivity index (χ3v) is 4.22. The predicted octanol–water partition coefficient (Wildman–Crippen LogP) is 3.01. The fourth-order valence-corrected chi connectivity index (χ4v) is 3.08. The van der Waals surface area contributed by atoms with Crippen LogP contribution in [-0.2, 0) is 5.75 Å². The molecule has 0 aliphatic rings. The normalized spacial score (nSPS) is 10.6. The molecule has 0 radical (unpaired) electrons. The SMILES string of the molecule is Cc1cc(C)c(SCc2cc(C(=O)NO)no2)c(C)c1. The summed E-state index contributed by atoms with van der Waals surface area (Å²) in [6, 6.07) is 5.80. The van der Waals surface area contributed by atoms with E-state index in [-0.39, 0.29) is 5.69 Å². The van der Waals surface area contributed by atoms with E-state index < -0.39 is 5.91 Å². The maximum Gasteiger partial charge on any atom is 0.296 e. The Morgan fingerprint density at radius 2 is 1.95 bits per heavy atom. The summed E-state index contributed by atoms with van der Waals surface area (Å²) in [5.41, 5.74) is 5.28. The molecule has 20 heavy (non-hydrogen) atoms. The first-order chi connectivity index (χ1) is 9.51. The van der Waals surface area contributed by atoms with E-state index in [4.69, 9.17) is 9.73 Å². The van der Waals surface area contributed by atoms with E-state index in [9.17, 15) is 4.79 Å². The summed E-state index contributed by atoms with van der Waals surface area (Å²) < 4.78 is 5.07. The van der Waals surface area contributed by atoms with Crippen LogP contribution in [0.1, 0.15) is 32.9 Å². The zero-order valence-electron chi connectivity index (χ0n) is 11.6. The molecule has 5 nitrogen and oxygen atoms in total. The van der Waals surface area contributed by atoms with E-state index in [0.29, 0.717) is 11.5 Å². The molecule has 1 amide bonds. The molecule has 1 aromatic heterocycles. The third-order valence-electron chi connectivity index (χ3n) is 2.86. The summed E-state index contributed by atoms with van der Waals surface area (Å²) in [5.74, 6) is 0.497. The Morgan fingerprint density at radius 1 is 1.30 bits per heavy atom. The summed E-state index contributed by atoms with van der Waals surface area (Å²) in [5, 5.41) is 12.1. The van der Waals surface area contributed by atoms with Crippen molar-refractivity contribution in [1.82, 2.24) is 10.6 Å². The standard InChI is InChI=1S/C14H16N2O3S/c1-8-4-9(2)13(10(3)5-8)20-7-11-6-12(16-19-11)14(17)15-18/h4-6,18H,7H2,1-3H3,(H,15,17). The van der Waals surface area contributed by atoms with Gasteiger partial charge in [0.1, 0.15) is 5.76 Å².